The highest BCUT2D eigenvalue weighted by molar-refractivity contribution is 7.89. The molecule has 2 aromatic carbocycles. The molecule has 1 unspecified atom stereocenters. The van der Waals surface area contributed by atoms with E-state index in [2.05, 4.69) is 10.2 Å². The van der Waals surface area contributed by atoms with Crippen molar-refractivity contribution in [1.82, 2.24) is 14.5 Å². The third-order valence-electron chi connectivity index (χ3n) is 5.12. The summed E-state index contributed by atoms with van der Waals surface area (Å²) < 4.78 is 45.1. The van der Waals surface area contributed by atoms with Crippen LogP contribution < -0.4 is 5.32 Å². The lowest BCUT2D eigenvalue weighted by Gasteiger charge is -2.35. The van der Waals surface area contributed by atoms with Gasteiger partial charge in [-0.2, -0.15) is 4.31 Å². The second-order valence-electron chi connectivity index (χ2n) is 7.23. The number of benzene rings is 2. The lowest BCUT2D eigenvalue weighted by Crippen LogP contribution is -2.45. The number of carbonyl (C=O) groups excluding carboxylic acids is 1. The molecule has 1 aliphatic rings. The van der Waals surface area contributed by atoms with Crippen LogP contribution in [0.2, 0.25) is 5.02 Å². The molecule has 3 rings (SSSR count). The zero-order chi connectivity index (χ0) is 22.4. The third kappa shape index (κ3) is 6.24. The van der Waals surface area contributed by atoms with Gasteiger partial charge in [-0.3, -0.25) is 9.69 Å². The molecule has 0 aliphatic carbocycles. The maximum absolute atomic E-state index is 13.4. The molecule has 0 spiro atoms. The van der Waals surface area contributed by atoms with E-state index in [1.807, 2.05) is 0 Å². The minimum absolute atomic E-state index is 0.0599. The summed E-state index contributed by atoms with van der Waals surface area (Å²) in [5.74, 6) is -0.761. The van der Waals surface area contributed by atoms with Crippen LogP contribution in [0.1, 0.15) is 11.6 Å². The Bertz CT molecular complexity index is 981. The van der Waals surface area contributed by atoms with E-state index in [9.17, 15) is 17.6 Å². The molecule has 1 fully saturated rings. The van der Waals surface area contributed by atoms with Gasteiger partial charge in [0.15, 0.2) is 0 Å². The Kier molecular flexibility index (Phi) is 8.01. The smallest absolute Gasteiger partial charge is 0.243 e. The minimum atomic E-state index is -3.82. The van der Waals surface area contributed by atoms with E-state index < -0.39 is 15.9 Å². The van der Waals surface area contributed by atoms with Crippen molar-refractivity contribution in [1.29, 1.82) is 0 Å². The quantitative estimate of drug-likeness (QED) is 0.641. The van der Waals surface area contributed by atoms with Crippen molar-refractivity contribution in [3.63, 3.8) is 0 Å². The van der Waals surface area contributed by atoms with E-state index in [4.69, 9.17) is 16.3 Å². The molecular formula is C21H25ClFN3O4S. The average Bonchev–Trinajstić information content (AvgIpc) is 2.76. The Morgan fingerprint density at radius 3 is 2.39 bits per heavy atom. The summed E-state index contributed by atoms with van der Waals surface area (Å²) in [4.78, 5) is 14.7. The van der Waals surface area contributed by atoms with Gasteiger partial charge in [0.2, 0.25) is 15.9 Å². The molecule has 1 atom stereocenters. The maximum Gasteiger partial charge on any atom is 0.243 e. The van der Waals surface area contributed by atoms with Gasteiger partial charge >= 0.3 is 0 Å². The number of hydrogen-bond acceptors (Lipinski definition) is 5. The van der Waals surface area contributed by atoms with E-state index in [1.165, 1.54) is 43.4 Å². The van der Waals surface area contributed by atoms with Crippen molar-refractivity contribution in [2.45, 2.75) is 10.9 Å². The maximum atomic E-state index is 13.4. The predicted octanol–water partition coefficient (Wildman–Crippen LogP) is 2.29. The van der Waals surface area contributed by atoms with Crippen molar-refractivity contribution in [3.05, 3.63) is 64.9 Å². The standard InChI is InChI=1S/C21H25ClFN3O4S/c1-25(31(28,29)19-8-4-17(22)5-9-19)15-21(27)24-14-20(26-10-12-30-13-11-26)16-2-6-18(23)7-3-16/h2-9,20H,10-15H2,1H3,(H,24,27). The average molecular weight is 470 g/mol. The van der Waals surface area contributed by atoms with Gasteiger partial charge in [0, 0.05) is 31.7 Å². The fourth-order valence-corrected chi connectivity index (χ4v) is 4.63. The number of nitrogens with zero attached hydrogens (tertiary/aromatic N) is 2. The Hall–Kier alpha value is -2.04. The largest absolute Gasteiger partial charge is 0.379 e. The highest BCUT2D eigenvalue weighted by Gasteiger charge is 2.26. The Balaban J connectivity index is 1.64. The molecule has 1 amide bonds. The van der Waals surface area contributed by atoms with Crippen molar-refractivity contribution < 1.29 is 22.3 Å². The molecule has 2 aromatic rings. The minimum Gasteiger partial charge on any atom is -0.379 e. The van der Waals surface area contributed by atoms with E-state index in [-0.39, 0.29) is 29.8 Å². The van der Waals surface area contributed by atoms with Crippen LogP contribution in [-0.2, 0) is 19.6 Å². The molecule has 0 saturated carbocycles. The second-order valence-corrected chi connectivity index (χ2v) is 9.72. The lowest BCUT2D eigenvalue weighted by molar-refractivity contribution is -0.121. The number of amides is 1. The Labute approximate surface area is 186 Å². The van der Waals surface area contributed by atoms with Crippen LogP contribution in [0, 0.1) is 5.82 Å². The van der Waals surface area contributed by atoms with Crippen molar-refractivity contribution in [2.75, 3.05) is 46.4 Å². The summed E-state index contributed by atoms with van der Waals surface area (Å²) in [5, 5.41) is 3.24. The molecule has 31 heavy (non-hydrogen) atoms. The first-order chi connectivity index (χ1) is 14.8. The summed E-state index contributed by atoms with van der Waals surface area (Å²) >= 11 is 5.81. The van der Waals surface area contributed by atoms with Gasteiger partial charge < -0.3 is 10.1 Å². The number of morpholine rings is 1. The first-order valence-electron chi connectivity index (χ1n) is 9.83. The Morgan fingerprint density at radius 1 is 1.16 bits per heavy atom. The van der Waals surface area contributed by atoms with E-state index >= 15 is 0 Å². The molecule has 1 N–H and O–H groups in total. The van der Waals surface area contributed by atoms with Crippen molar-refractivity contribution in [2.24, 2.45) is 0 Å². The van der Waals surface area contributed by atoms with Crippen LogP contribution >= 0.6 is 11.6 Å². The van der Waals surface area contributed by atoms with Gasteiger partial charge in [0.05, 0.1) is 30.7 Å². The summed E-state index contributed by atoms with van der Waals surface area (Å²) in [6.45, 7) is 2.45. The third-order valence-corrected chi connectivity index (χ3v) is 7.19. The van der Waals surface area contributed by atoms with Crippen LogP contribution in [0.5, 0.6) is 0 Å². The van der Waals surface area contributed by atoms with Gasteiger partial charge in [0.1, 0.15) is 5.82 Å². The molecule has 0 radical (unpaired) electrons. The topological polar surface area (TPSA) is 79.0 Å². The van der Waals surface area contributed by atoms with Gasteiger partial charge in [-0.25, -0.2) is 12.8 Å². The molecule has 168 valence electrons. The van der Waals surface area contributed by atoms with Crippen molar-refractivity contribution >= 4 is 27.5 Å². The first kappa shape index (κ1) is 23.6. The van der Waals surface area contributed by atoms with Gasteiger partial charge in [-0.15, -0.1) is 0 Å². The number of carbonyl (C=O) groups is 1. The zero-order valence-electron chi connectivity index (χ0n) is 17.1. The van der Waals surface area contributed by atoms with Gasteiger partial charge in [-0.05, 0) is 42.0 Å². The molecule has 1 saturated heterocycles. The SMILES string of the molecule is CN(CC(=O)NCC(c1ccc(F)cc1)N1CCOCC1)S(=O)(=O)c1ccc(Cl)cc1. The van der Waals surface area contributed by atoms with Crippen molar-refractivity contribution in [3.8, 4) is 0 Å². The van der Waals surface area contributed by atoms with Crippen LogP contribution in [0.25, 0.3) is 0 Å². The molecular weight excluding hydrogens is 445 g/mol. The number of hydrogen-bond donors (Lipinski definition) is 1. The predicted molar refractivity (Wildman–Crippen MR) is 116 cm³/mol. The Morgan fingerprint density at radius 2 is 1.77 bits per heavy atom. The second kappa shape index (κ2) is 10.5. The highest BCUT2D eigenvalue weighted by atomic mass is 35.5. The number of sulfonamides is 1. The van der Waals surface area contributed by atoms with Gasteiger partial charge in [0.25, 0.3) is 0 Å². The van der Waals surface area contributed by atoms with E-state index in [1.54, 1.807) is 12.1 Å². The highest BCUT2D eigenvalue weighted by Crippen LogP contribution is 2.22. The lowest BCUT2D eigenvalue weighted by atomic mass is 10.0. The molecule has 0 bridgehead atoms. The molecule has 7 nitrogen and oxygen atoms in total. The number of nitrogens with one attached hydrogen (secondary N) is 1. The summed E-state index contributed by atoms with van der Waals surface area (Å²) in [7, 11) is -2.47. The van der Waals surface area contributed by atoms with Crippen LogP contribution in [-0.4, -0.2) is 70.0 Å². The monoisotopic (exact) mass is 469 g/mol. The normalized spacial score (nSPS) is 16.3. The molecule has 1 heterocycles. The number of halogens is 2. The van der Waals surface area contributed by atoms with E-state index in [0.717, 1.165) is 9.87 Å². The molecule has 1 aliphatic heterocycles. The van der Waals surface area contributed by atoms with Crippen LogP contribution in [0.3, 0.4) is 0 Å². The van der Waals surface area contributed by atoms with Gasteiger partial charge in [-0.1, -0.05) is 23.7 Å². The van der Waals surface area contributed by atoms with E-state index in [0.29, 0.717) is 31.3 Å². The molecule has 0 aromatic heterocycles. The number of ether oxygens (including phenoxy) is 1. The fourth-order valence-electron chi connectivity index (χ4n) is 3.37. The zero-order valence-corrected chi connectivity index (χ0v) is 18.7. The van der Waals surface area contributed by atoms with Crippen LogP contribution in [0.15, 0.2) is 53.4 Å². The molecule has 10 heteroatoms. The first-order valence-corrected chi connectivity index (χ1v) is 11.6. The number of likely N-dealkylation sites (N-methyl/N-ethyl adjacent to an activating group) is 1. The number of rotatable bonds is 8. The summed E-state index contributed by atoms with van der Waals surface area (Å²) in [6.07, 6.45) is 0. The fraction of sp³-hybridized carbons (Fsp3) is 0.381. The summed E-state index contributed by atoms with van der Waals surface area (Å²) in [6, 6.07) is 11.7. The summed E-state index contributed by atoms with van der Waals surface area (Å²) in [5.41, 5.74) is 0.866. The van der Waals surface area contributed by atoms with Crippen LogP contribution in [0.4, 0.5) is 4.39 Å².